The van der Waals surface area contributed by atoms with E-state index >= 15 is 0 Å². The van der Waals surface area contributed by atoms with Gasteiger partial charge < -0.3 is 19.5 Å². The fourth-order valence-electron chi connectivity index (χ4n) is 2.78. The summed E-state index contributed by atoms with van der Waals surface area (Å²) in [7, 11) is 1.66. The van der Waals surface area contributed by atoms with Crippen LogP contribution in [0.3, 0.4) is 0 Å². The van der Waals surface area contributed by atoms with E-state index in [1.54, 1.807) is 7.11 Å². The van der Waals surface area contributed by atoms with E-state index in [0.29, 0.717) is 25.5 Å². The number of anilines is 1. The van der Waals surface area contributed by atoms with E-state index in [9.17, 15) is 0 Å². The average Bonchev–Trinajstić information content (AvgIpc) is 2.73. The van der Waals surface area contributed by atoms with Crippen molar-refractivity contribution in [2.24, 2.45) is 0 Å². The number of nitrogens with one attached hydrogen (secondary N) is 1. The van der Waals surface area contributed by atoms with Gasteiger partial charge in [0.15, 0.2) is 11.5 Å². The van der Waals surface area contributed by atoms with Gasteiger partial charge >= 0.3 is 0 Å². The summed E-state index contributed by atoms with van der Waals surface area (Å²) in [6.45, 7) is 3.67. The van der Waals surface area contributed by atoms with Crippen LogP contribution in [0.15, 0.2) is 69.6 Å². The van der Waals surface area contributed by atoms with Gasteiger partial charge in [-0.25, -0.2) is 0 Å². The summed E-state index contributed by atoms with van der Waals surface area (Å²) in [6.07, 6.45) is 0. The van der Waals surface area contributed by atoms with Gasteiger partial charge in [0, 0.05) is 16.7 Å². The van der Waals surface area contributed by atoms with Gasteiger partial charge in [-0.05, 0) is 82.5 Å². The molecule has 0 fully saturated rings. The summed E-state index contributed by atoms with van der Waals surface area (Å²) in [5.41, 5.74) is 3.20. The largest absolute Gasteiger partial charge is 0.497 e. The second-order valence-corrected chi connectivity index (χ2v) is 8.11. The Morgan fingerprint density at radius 1 is 0.862 bits per heavy atom. The molecule has 3 aromatic rings. The molecule has 4 nitrogen and oxygen atoms in total. The van der Waals surface area contributed by atoms with E-state index in [2.05, 4.69) is 43.2 Å². The molecule has 3 rings (SSSR count). The molecule has 0 aliphatic rings. The summed E-state index contributed by atoms with van der Waals surface area (Å²) in [5, 5.41) is 3.41. The second kappa shape index (κ2) is 10.6. The molecule has 29 heavy (non-hydrogen) atoms. The highest BCUT2D eigenvalue weighted by Gasteiger charge is 2.13. The number of methoxy groups -OCH3 is 1. The predicted octanol–water partition coefficient (Wildman–Crippen LogP) is 6.81. The molecule has 3 aromatic carbocycles. The maximum atomic E-state index is 6.07. The molecule has 0 radical (unpaired) electrons. The van der Waals surface area contributed by atoms with Crippen molar-refractivity contribution in [3.63, 3.8) is 0 Å². The third-order valence-electron chi connectivity index (χ3n) is 4.25. The summed E-state index contributed by atoms with van der Waals surface area (Å²) >= 11 is 7.09. The van der Waals surface area contributed by atoms with Gasteiger partial charge in [-0.2, -0.15) is 0 Å². The van der Waals surface area contributed by atoms with Crippen LogP contribution in [-0.2, 0) is 13.2 Å². The van der Waals surface area contributed by atoms with Crippen molar-refractivity contribution in [2.45, 2.75) is 20.1 Å². The van der Waals surface area contributed by atoms with E-state index in [4.69, 9.17) is 14.2 Å². The fourth-order valence-corrected chi connectivity index (χ4v) is 3.64. The molecule has 0 saturated heterocycles. The standard InChI is InChI=1S/C23H23Br2NO3/c1-3-28-22-13-17(14-26-19-8-10-20(27-2)11-9-19)12-21(25)23(22)29-15-16-4-6-18(24)7-5-16/h4-13,26H,3,14-15H2,1-2H3. The summed E-state index contributed by atoms with van der Waals surface area (Å²) < 4.78 is 19.0. The minimum Gasteiger partial charge on any atom is -0.497 e. The Balaban J connectivity index is 1.71. The number of halogens is 2. The molecule has 0 aliphatic heterocycles. The maximum absolute atomic E-state index is 6.07. The minimum atomic E-state index is 0.468. The predicted molar refractivity (Wildman–Crippen MR) is 124 cm³/mol. The molecule has 0 spiro atoms. The van der Waals surface area contributed by atoms with Crippen molar-refractivity contribution in [1.82, 2.24) is 0 Å². The van der Waals surface area contributed by atoms with Crippen molar-refractivity contribution in [3.8, 4) is 17.2 Å². The van der Waals surface area contributed by atoms with Crippen LogP contribution in [-0.4, -0.2) is 13.7 Å². The smallest absolute Gasteiger partial charge is 0.175 e. The molecular weight excluding hydrogens is 498 g/mol. The van der Waals surface area contributed by atoms with Crippen molar-refractivity contribution < 1.29 is 14.2 Å². The van der Waals surface area contributed by atoms with Gasteiger partial charge in [0.1, 0.15) is 12.4 Å². The van der Waals surface area contributed by atoms with Crippen molar-refractivity contribution >= 4 is 37.5 Å². The van der Waals surface area contributed by atoms with Crippen LogP contribution >= 0.6 is 31.9 Å². The van der Waals surface area contributed by atoms with E-state index in [1.807, 2.05) is 61.5 Å². The lowest BCUT2D eigenvalue weighted by Gasteiger charge is -2.16. The van der Waals surface area contributed by atoms with Crippen LogP contribution in [0.4, 0.5) is 5.69 Å². The topological polar surface area (TPSA) is 39.7 Å². The number of ether oxygens (including phenoxy) is 3. The van der Waals surface area contributed by atoms with E-state index in [0.717, 1.165) is 37.3 Å². The van der Waals surface area contributed by atoms with Crippen LogP contribution < -0.4 is 19.5 Å². The Labute approximate surface area is 188 Å². The van der Waals surface area contributed by atoms with Gasteiger partial charge in [0.25, 0.3) is 0 Å². The zero-order valence-corrected chi connectivity index (χ0v) is 19.5. The monoisotopic (exact) mass is 519 g/mol. The van der Waals surface area contributed by atoms with E-state index in [1.165, 1.54) is 0 Å². The average molecular weight is 521 g/mol. The van der Waals surface area contributed by atoms with Crippen molar-refractivity contribution in [1.29, 1.82) is 0 Å². The lowest BCUT2D eigenvalue weighted by Crippen LogP contribution is -2.04. The first kappa shape index (κ1) is 21.5. The Kier molecular flexibility index (Phi) is 7.83. The summed E-state index contributed by atoms with van der Waals surface area (Å²) in [4.78, 5) is 0. The molecule has 0 amide bonds. The molecule has 0 heterocycles. The quantitative estimate of drug-likeness (QED) is 0.336. The molecule has 0 aromatic heterocycles. The van der Waals surface area contributed by atoms with Gasteiger partial charge in [-0.3, -0.25) is 0 Å². The highest BCUT2D eigenvalue weighted by Crippen LogP contribution is 2.37. The summed E-state index contributed by atoms with van der Waals surface area (Å²) in [6, 6.07) is 20.0. The zero-order chi connectivity index (χ0) is 20.6. The summed E-state index contributed by atoms with van der Waals surface area (Å²) in [5.74, 6) is 2.28. The first-order chi connectivity index (χ1) is 14.1. The first-order valence-electron chi connectivity index (χ1n) is 9.29. The normalized spacial score (nSPS) is 10.5. The Bertz CT molecular complexity index is 928. The molecular formula is C23H23Br2NO3. The van der Waals surface area contributed by atoms with Gasteiger partial charge in [0.2, 0.25) is 0 Å². The van der Waals surface area contributed by atoms with Crippen LogP contribution in [0.2, 0.25) is 0 Å². The Hall–Kier alpha value is -2.18. The van der Waals surface area contributed by atoms with Crippen LogP contribution in [0, 0.1) is 0 Å². The third-order valence-corrected chi connectivity index (χ3v) is 5.37. The highest BCUT2D eigenvalue weighted by molar-refractivity contribution is 9.10. The lowest BCUT2D eigenvalue weighted by atomic mass is 10.2. The fraction of sp³-hybridized carbons (Fsp3) is 0.217. The Morgan fingerprint density at radius 2 is 1.59 bits per heavy atom. The molecule has 0 unspecified atom stereocenters. The molecule has 0 aliphatic carbocycles. The number of hydrogen-bond acceptors (Lipinski definition) is 4. The molecule has 0 atom stereocenters. The number of rotatable bonds is 9. The number of benzene rings is 3. The van der Waals surface area contributed by atoms with E-state index < -0.39 is 0 Å². The molecule has 1 N–H and O–H groups in total. The van der Waals surface area contributed by atoms with Crippen molar-refractivity contribution in [2.75, 3.05) is 19.0 Å². The third kappa shape index (κ3) is 6.15. The van der Waals surface area contributed by atoms with Crippen LogP contribution in [0.5, 0.6) is 17.2 Å². The Morgan fingerprint density at radius 3 is 2.24 bits per heavy atom. The SMILES string of the molecule is CCOc1cc(CNc2ccc(OC)cc2)cc(Br)c1OCc1ccc(Br)cc1. The van der Waals surface area contributed by atoms with E-state index in [-0.39, 0.29) is 0 Å². The van der Waals surface area contributed by atoms with Crippen molar-refractivity contribution in [3.05, 3.63) is 80.7 Å². The van der Waals surface area contributed by atoms with Gasteiger partial charge in [-0.1, -0.05) is 28.1 Å². The van der Waals surface area contributed by atoms with Crippen LogP contribution in [0.25, 0.3) is 0 Å². The molecule has 0 saturated carbocycles. The number of hydrogen-bond donors (Lipinski definition) is 1. The highest BCUT2D eigenvalue weighted by atomic mass is 79.9. The first-order valence-corrected chi connectivity index (χ1v) is 10.9. The lowest BCUT2D eigenvalue weighted by molar-refractivity contribution is 0.267. The molecule has 152 valence electrons. The van der Waals surface area contributed by atoms with Gasteiger partial charge in [-0.15, -0.1) is 0 Å². The molecule has 6 heteroatoms. The maximum Gasteiger partial charge on any atom is 0.175 e. The van der Waals surface area contributed by atoms with Crippen LogP contribution in [0.1, 0.15) is 18.1 Å². The van der Waals surface area contributed by atoms with Gasteiger partial charge in [0.05, 0.1) is 18.2 Å². The zero-order valence-electron chi connectivity index (χ0n) is 16.4. The minimum absolute atomic E-state index is 0.468. The second-order valence-electron chi connectivity index (χ2n) is 6.34. The molecule has 0 bridgehead atoms.